The maximum atomic E-state index is 9.70. The summed E-state index contributed by atoms with van der Waals surface area (Å²) in [5, 5.41) is 9.70. The molecule has 0 radical (unpaired) electrons. The molecule has 0 amide bonds. The first-order valence-corrected chi connectivity index (χ1v) is 6.21. The number of β-amino-alcohol motifs (C(OH)–C–C–N with tert-alkyl or cyclic N) is 1. The molecule has 0 unspecified atom stereocenters. The van der Waals surface area contributed by atoms with Crippen molar-refractivity contribution in [3.05, 3.63) is 18.3 Å². The van der Waals surface area contributed by atoms with Gasteiger partial charge in [-0.25, -0.2) is 4.98 Å². The maximum Gasteiger partial charge on any atom is 0.171 e. The Kier molecular flexibility index (Phi) is 3.84. The van der Waals surface area contributed by atoms with Crippen molar-refractivity contribution in [2.45, 2.75) is 38.9 Å². The van der Waals surface area contributed by atoms with Crippen molar-refractivity contribution in [2.75, 3.05) is 18.0 Å². The standard InChI is InChI=1S/C13H20N2O2/c1-10(2)17-12-6-3-7-14-13(12)15-8-4-5-11(16)9-15/h3,6-7,10-11,16H,4-5,8-9H2,1-2H3/t11-/m0/s1. The van der Waals surface area contributed by atoms with Crippen molar-refractivity contribution in [1.82, 2.24) is 4.98 Å². The second-order valence-electron chi connectivity index (χ2n) is 4.73. The second kappa shape index (κ2) is 5.36. The van der Waals surface area contributed by atoms with E-state index < -0.39 is 0 Å². The summed E-state index contributed by atoms with van der Waals surface area (Å²) >= 11 is 0. The van der Waals surface area contributed by atoms with Gasteiger partial charge in [0.2, 0.25) is 0 Å². The van der Waals surface area contributed by atoms with Crippen molar-refractivity contribution < 1.29 is 9.84 Å². The second-order valence-corrected chi connectivity index (χ2v) is 4.73. The Morgan fingerprint density at radius 1 is 1.53 bits per heavy atom. The summed E-state index contributed by atoms with van der Waals surface area (Å²) in [4.78, 5) is 6.48. The van der Waals surface area contributed by atoms with Gasteiger partial charge in [0, 0.05) is 19.3 Å². The van der Waals surface area contributed by atoms with E-state index in [0.29, 0.717) is 6.54 Å². The highest BCUT2D eigenvalue weighted by molar-refractivity contribution is 5.52. The summed E-state index contributed by atoms with van der Waals surface area (Å²) in [5.41, 5.74) is 0. The highest BCUT2D eigenvalue weighted by Gasteiger charge is 2.21. The number of hydrogen-bond acceptors (Lipinski definition) is 4. The highest BCUT2D eigenvalue weighted by Crippen LogP contribution is 2.28. The molecule has 1 N–H and O–H groups in total. The molecule has 0 bridgehead atoms. The number of rotatable bonds is 3. The normalized spacial score (nSPS) is 20.7. The fourth-order valence-corrected chi connectivity index (χ4v) is 2.11. The van der Waals surface area contributed by atoms with E-state index in [-0.39, 0.29) is 12.2 Å². The average Bonchev–Trinajstić information content (AvgIpc) is 2.29. The molecule has 1 aliphatic heterocycles. The molecule has 1 aromatic heterocycles. The van der Waals surface area contributed by atoms with E-state index in [1.54, 1.807) is 6.20 Å². The Hall–Kier alpha value is -1.29. The predicted molar refractivity (Wildman–Crippen MR) is 67.5 cm³/mol. The molecule has 2 rings (SSSR count). The van der Waals surface area contributed by atoms with Crippen molar-refractivity contribution in [3.63, 3.8) is 0 Å². The monoisotopic (exact) mass is 236 g/mol. The highest BCUT2D eigenvalue weighted by atomic mass is 16.5. The first kappa shape index (κ1) is 12.2. The number of aliphatic hydroxyl groups excluding tert-OH is 1. The zero-order valence-corrected chi connectivity index (χ0v) is 10.5. The van der Waals surface area contributed by atoms with Gasteiger partial charge in [0.05, 0.1) is 12.2 Å². The smallest absolute Gasteiger partial charge is 0.171 e. The quantitative estimate of drug-likeness (QED) is 0.869. The van der Waals surface area contributed by atoms with Crippen LogP contribution >= 0.6 is 0 Å². The van der Waals surface area contributed by atoms with Crippen LogP contribution in [0.2, 0.25) is 0 Å². The largest absolute Gasteiger partial charge is 0.487 e. The maximum absolute atomic E-state index is 9.70. The Labute approximate surface area is 102 Å². The molecular weight excluding hydrogens is 216 g/mol. The van der Waals surface area contributed by atoms with Gasteiger partial charge in [-0.2, -0.15) is 0 Å². The van der Waals surface area contributed by atoms with Crippen molar-refractivity contribution in [1.29, 1.82) is 0 Å². The van der Waals surface area contributed by atoms with Gasteiger partial charge < -0.3 is 14.7 Å². The molecule has 4 nitrogen and oxygen atoms in total. The molecule has 1 atom stereocenters. The molecular formula is C13H20N2O2. The summed E-state index contributed by atoms with van der Waals surface area (Å²) < 4.78 is 5.75. The minimum Gasteiger partial charge on any atom is -0.487 e. The molecule has 0 spiro atoms. The Balaban J connectivity index is 2.18. The van der Waals surface area contributed by atoms with E-state index in [1.807, 2.05) is 26.0 Å². The van der Waals surface area contributed by atoms with E-state index in [9.17, 15) is 5.11 Å². The molecule has 1 fully saturated rings. The van der Waals surface area contributed by atoms with Crippen LogP contribution in [0, 0.1) is 0 Å². The molecule has 2 heterocycles. The number of ether oxygens (including phenoxy) is 1. The third-order valence-electron chi connectivity index (χ3n) is 2.81. The van der Waals surface area contributed by atoms with E-state index in [1.165, 1.54) is 0 Å². The van der Waals surface area contributed by atoms with Gasteiger partial charge in [-0.1, -0.05) is 0 Å². The van der Waals surface area contributed by atoms with Crippen LogP contribution in [-0.4, -0.2) is 35.4 Å². The molecule has 0 aromatic carbocycles. The van der Waals surface area contributed by atoms with E-state index in [4.69, 9.17) is 4.74 Å². The van der Waals surface area contributed by atoms with Gasteiger partial charge in [-0.3, -0.25) is 0 Å². The predicted octanol–water partition coefficient (Wildman–Crippen LogP) is 1.83. The molecule has 0 saturated carbocycles. The van der Waals surface area contributed by atoms with Gasteiger partial charge >= 0.3 is 0 Å². The fraction of sp³-hybridized carbons (Fsp3) is 0.615. The van der Waals surface area contributed by atoms with Gasteiger partial charge in [0.1, 0.15) is 0 Å². The van der Waals surface area contributed by atoms with Crippen LogP contribution in [0.1, 0.15) is 26.7 Å². The lowest BCUT2D eigenvalue weighted by Gasteiger charge is -2.32. The van der Waals surface area contributed by atoms with Crippen LogP contribution in [0.4, 0.5) is 5.82 Å². The molecule has 17 heavy (non-hydrogen) atoms. The van der Waals surface area contributed by atoms with Gasteiger partial charge in [0.25, 0.3) is 0 Å². The van der Waals surface area contributed by atoms with Crippen LogP contribution in [0.25, 0.3) is 0 Å². The lowest BCUT2D eigenvalue weighted by Crippen LogP contribution is -2.39. The minimum atomic E-state index is -0.252. The molecule has 0 aliphatic carbocycles. The van der Waals surface area contributed by atoms with E-state index >= 15 is 0 Å². The number of anilines is 1. The first-order valence-electron chi connectivity index (χ1n) is 6.21. The lowest BCUT2D eigenvalue weighted by molar-refractivity contribution is 0.153. The first-order chi connectivity index (χ1) is 8.16. The summed E-state index contributed by atoms with van der Waals surface area (Å²) in [7, 11) is 0. The van der Waals surface area contributed by atoms with Crippen LogP contribution in [0.15, 0.2) is 18.3 Å². The summed E-state index contributed by atoms with van der Waals surface area (Å²) in [6.45, 7) is 5.58. The van der Waals surface area contributed by atoms with Crippen molar-refractivity contribution in [2.24, 2.45) is 0 Å². The van der Waals surface area contributed by atoms with Crippen LogP contribution in [-0.2, 0) is 0 Å². The van der Waals surface area contributed by atoms with Gasteiger partial charge in [0.15, 0.2) is 11.6 Å². The number of aromatic nitrogens is 1. The number of aliphatic hydroxyl groups is 1. The third-order valence-corrected chi connectivity index (χ3v) is 2.81. The van der Waals surface area contributed by atoms with Crippen LogP contribution in [0.3, 0.4) is 0 Å². The van der Waals surface area contributed by atoms with Crippen molar-refractivity contribution >= 4 is 5.82 Å². The number of nitrogens with zero attached hydrogens (tertiary/aromatic N) is 2. The summed E-state index contributed by atoms with van der Waals surface area (Å²) in [6, 6.07) is 3.81. The fourth-order valence-electron chi connectivity index (χ4n) is 2.11. The minimum absolute atomic E-state index is 0.132. The van der Waals surface area contributed by atoms with Crippen LogP contribution < -0.4 is 9.64 Å². The number of hydrogen-bond donors (Lipinski definition) is 1. The van der Waals surface area contributed by atoms with Gasteiger partial charge in [-0.15, -0.1) is 0 Å². The van der Waals surface area contributed by atoms with E-state index in [2.05, 4.69) is 9.88 Å². The zero-order valence-electron chi connectivity index (χ0n) is 10.5. The molecule has 1 saturated heterocycles. The Bertz CT molecular complexity index is 368. The lowest BCUT2D eigenvalue weighted by atomic mass is 10.1. The molecule has 1 aliphatic rings. The summed E-state index contributed by atoms with van der Waals surface area (Å²) in [6.07, 6.45) is 3.52. The molecule has 94 valence electrons. The summed E-state index contributed by atoms with van der Waals surface area (Å²) in [5.74, 6) is 1.65. The topological polar surface area (TPSA) is 45.6 Å². The zero-order chi connectivity index (χ0) is 12.3. The third kappa shape index (κ3) is 3.09. The van der Waals surface area contributed by atoms with Gasteiger partial charge in [-0.05, 0) is 38.8 Å². The Morgan fingerprint density at radius 3 is 3.06 bits per heavy atom. The number of pyridine rings is 1. The SMILES string of the molecule is CC(C)Oc1cccnc1N1CCC[C@H](O)C1. The Morgan fingerprint density at radius 2 is 2.35 bits per heavy atom. The molecule has 1 aromatic rings. The average molecular weight is 236 g/mol. The number of piperidine rings is 1. The van der Waals surface area contributed by atoms with E-state index in [0.717, 1.165) is 31.0 Å². The molecule has 4 heteroatoms. The van der Waals surface area contributed by atoms with Crippen LogP contribution in [0.5, 0.6) is 5.75 Å². The van der Waals surface area contributed by atoms with Crippen molar-refractivity contribution in [3.8, 4) is 5.75 Å².